The summed E-state index contributed by atoms with van der Waals surface area (Å²) >= 11 is 2.25. The lowest BCUT2D eigenvalue weighted by Gasteiger charge is -1.99. The van der Waals surface area contributed by atoms with E-state index in [9.17, 15) is 4.21 Å². The van der Waals surface area contributed by atoms with Gasteiger partial charge in [-0.25, -0.2) is 4.98 Å². The maximum atomic E-state index is 12.3. The number of aromatic amines is 1. The molecule has 0 saturated carbocycles. The van der Waals surface area contributed by atoms with Crippen molar-refractivity contribution in [2.24, 2.45) is 0 Å². The predicted octanol–water partition coefficient (Wildman–Crippen LogP) is 3.06. The normalized spacial score (nSPS) is 12.7. The van der Waals surface area contributed by atoms with Crippen molar-refractivity contribution < 1.29 is 4.21 Å². The highest BCUT2D eigenvalue weighted by Crippen LogP contribution is 2.18. The van der Waals surface area contributed by atoms with E-state index in [1.165, 1.54) is 0 Å². The zero-order valence-electron chi connectivity index (χ0n) is 10.5. The minimum Gasteiger partial charge on any atom is -0.399 e. The number of aromatic nitrogens is 2. The van der Waals surface area contributed by atoms with Gasteiger partial charge in [-0.2, -0.15) is 0 Å². The van der Waals surface area contributed by atoms with E-state index in [4.69, 9.17) is 5.73 Å². The van der Waals surface area contributed by atoms with E-state index in [-0.39, 0.29) is 0 Å². The number of H-pyrrole nitrogens is 1. The van der Waals surface area contributed by atoms with E-state index in [1.807, 2.05) is 30.3 Å². The molecule has 1 unspecified atom stereocenters. The highest BCUT2D eigenvalue weighted by atomic mass is 127. The Morgan fingerprint density at radius 1 is 1.20 bits per heavy atom. The fourth-order valence-corrected chi connectivity index (χ4v) is 3.33. The van der Waals surface area contributed by atoms with Crippen LogP contribution in [0.4, 0.5) is 5.69 Å². The molecular formula is C14H12IN3OS. The third-order valence-corrected chi connectivity index (χ3v) is 4.85. The molecule has 0 aliphatic heterocycles. The first-order valence-electron chi connectivity index (χ1n) is 6.00. The molecule has 3 aromatic rings. The number of nitrogens with zero attached hydrogens (tertiary/aromatic N) is 1. The van der Waals surface area contributed by atoms with Crippen LogP contribution in [0.15, 0.2) is 47.6 Å². The highest BCUT2D eigenvalue weighted by molar-refractivity contribution is 14.1. The summed E-state index contributed by atoms with van der Waals surface area (Å²) in [6, 6.07) is 13.4. The lowest BCUT2D eigenvalue weighted by atomic mass is 10.2. The molecule has 1 atom stereocenters. The fourth-order valence-electron chi connectivity index (χ4n) is 1.91. The van der Waals surface area contributed by atoms with Crippen molar-refractivity contribution in [3.05, 3.63) is 51.6 Å². The van der Waals surface area contributed by atoms with Crippen molar-refractivity contribution in [3.8, 4) is 0 Å². The third-order valence-electron chi connectivity index (χ3n) is 2.91. The summed E-state index contributed by atoms with van der Waals surface area (Å²) in [6.07, 6.45) is 0. The van der Waals surface area contributed by atoms with Crippen LogP contribution in [0, 0.1) is 3.57 Å². The molecule has 3 rings (SSSR count). The van der Waals surface area contributed by atoms with Crippen molar-refractivity contribution in [1.29, 1.82) is 0 Å². The van der Waals surface area contributed by atoms with Gasteiger partial charge in [0.1, 0.15) is 0 Å². The number of anilines is 1. The first-order chi connectivity index (χ1) is 9.61. The van der Waals surface area contributed by atoms with E-state index in [0.29, 0.717) is 16.6 Å². The molecule has 0 amide bonds. The molecule has 1 aromatic heterocycles. The van der Waals surface area contributed by atoms with Crippen LogP contribution in [0.2, 0.25) is 0 Å². The summed E-state index contributed by atoms with van der Waals surface area (Å²) in [4.78, 5) is 7.43. The molecule has 0 aliphatic carbocycles. The number of rotatable bonds is 3. The molecular weight excluding hydrogens is 385 g/mol. The summed E-state index contributed by atoms with van der Waals surface area (Å²) in [6.45, 7) is 0. The minimum absolute atomic E-state index is 0.451. The highest BCUT2D eigenvalue weighted by Gasteiger charge is 2.11. The van der Waals surface area contributed by atoms with Gasteiger partial charge in [-0.1, -0.05) is 12.1 Å². The van der Waals surface area contributed by atoms with Gasteiger partial charge >= 0.3 is 0 Å². The van der Waals surface area contributed by atoms with E-state index >= 15 is 0 Å². The van der Waals surface area contributed by atoms with Gasteiger partial charge in [-0.3, -0.25) is 4.21 Å². The van der Waals surface area contributed by atoms with E-state index < -0.39 is 10.8 Å². The van der Waals surface area contributed by atoms with Crippen LogP contribution < -0.4 is 5.73 Å². The van der Waals surface area contributed by atoms with Gasteiger partial charge < -0.3 is 10.7 Å². The number of nitrogens with one attached hydrogen (secondary N) is 1. The molecule has 0 bridgehead atoms. The first-order valence-corrected chi connectivity index (χ1v) is 8.39. The number of halogens is 1. The van der Waals surface area contributed by atoms with Crippen LogP contribution in [0.1, 0.15) is 5.56 Å². The predicted molar refractivity (Wildman–Crippen MR) is 89.8 cm³/mol. The molecule has 20 heavy (non-hydrogen) atoms. The van der Waals surface area contributed by atoms with Crippen molar-refractivity contribution in [2.45, 2.75) is 10.9 Å². The van der Waals surface area contributed by atoms with Crippen molar-refractivity contribution in [1.82, 2.24) is 9.97 Å². The average Bonchev–Trinajstić information content (AvgIpc) is 2.84. The van der Waals surface area contributed by atoms with Crippen molar-refractivity contribution in [2.75, 3.05) is 5.73 Å². The standard InChI is InChI=1S/C14H12IN3OS/c15-10-3-1-9(2-4-10)8-20(19)14-17-12-6-5-11(16)7-13(12)18-14/h1-7H,8,16H2,(H,17,18). The number of hydrogen-bond donors (Lipinski definition) is 2. The number of benzene rings is 2. The number of nitrogen functional groups attached to an aromatic ring is 1. The number of hydrogen-bond acceptors (Lipinski definition) is 3. The van der Waals surface area contributed by atoms with Crippen molar-refractivity contribution >= 4 is 50.1 Å². The Kier molecular flexibility index (Phi) is 3.75. The molecule has 0 saturated heterocycles. The Hall–Kier alpha value is -1.41. The molecule has 0 fully saturated rings. The second-order valence-electron chi connectivity index (χ2n) is 4.43. The van der Waals surface area contributed by atoms with E-state index in [1.54, 1.807) is 12.1 Å². The van der Waals surface area contributed by atoms with Crippen LogP contribution >= 0.6 is 22.6 Å². The summed E-state index contributed by atoms with van der Waals surface area (Å²) in [5, 5.41) is 0.490. The van der Waals surface area contributed by atoms with Gasteiger partial charge in [-0.15, -0.1) is 0 Å². The smallest absolute Gasteiger partial charge is 0.197 e. The fraction of sp³-hybridized carbons (Fsp3) is 0.0714. The summed E-state index contributed by atoms with van der Waals surface area (Å²) in [7, 11) is -1.19. The number of nitrogens with two attached hydrogens (primary N) is 1. The molecule has 6 heteroatoms. The monoisotopic (exact) mass is 397 g/mol. The molecule has 0 spiro atoms. The van der Waals surface area contributed by atoms with Gasteiger partial charge in [0, 0.05) is 9.26 Å². The lowest BCUT2D eigenvalue weighted by molar-refractivity contribution is 0.677. The molecule has 3 N–H and O–H groups in total. The minimum atomic E-state index is -1.19. The van der Waals surface area contributed by atoms with Crippen LogP contribution in [-0.4, -0.2) is 14.2 Å². The number of fused-ring (bicyclic) bond motifs is 1. The van der Waals surface area contributed by atoms with Gasteiger partial charge in [0.15, 0.2) is 5.16 Å². The second-order valence-corrected chi connectivity index (χ2v) is 7.05. The molecule has 0 aliphatic rings. The molecule has 1 heterocycles. The Labute approximate surface area is 132 Å². The van der Waals surface area contributed by atoms with E-state index in [0.717, 1.165) is 20.2 Å². The summed E-state index contributed by atoms with van der Waals surface area (Å²) in [5.74, 6) is 0.451. The molecule has 0 radical (unpaired) electrons. The van der Waals surface area contributed by atoms with Gasteiger partial charge in [0.25, 0.3) is 0 Å². The van der Waals surface area contributed by atoms with Crippen LogP contribution in [-0.2, 0) is 16.6 Å². The maximum Gasteiger partial charge on any atom is 0.197 e. The second kappa shape index (κ2) is 5.53. The maximum absolute atomic E-state index is 12.3. The average molecular weight is 397 g/mol. The number of imidazole rings is 1. The summed E-state index contributed by atoms with van der Waals surface area (Å²) < 4.78 is 13.5. The first kappa shape index (κ1) is 13.6. The van der Waals surface area contributed by atoms with Gasteiger partial charge in [-0.05, 0) is 58.5 Å². The molecule has 102 valence electrons. The van der Waals surface area contributed by atoms with Gasteiger partial charge in [0.05, 0.1) is 27.6 Å². The van der Waals surface area contributed by atoms with Crippen LogP contribution in [0.3, 0.4) is 0 Å². The molecule has 2 aromatic carbocycles. The lowest BCUT2D eigenvalue weighted by Crippen LogP contribution is -1.98. The van der Waals surface area contributed by atoms with Crippen LogP contribution in [0.5, 0.6) is 0 Å². The Morgan fingerprint density at radius 2 is 1.95 bits per heavy atom. The molecule has 4 nitrogen and oxygen atoms in total. The zero-order valence-corrected chi connectivity index (χ0v) is 13.4. The Morgan fingerprint density at radius 3 is 2.70 bits per heavy atom. The Bertz CT molecular complexity index is 783. The quantitative estimate of drug-likeness (QED) is 0.527. The van der Waals surface area contributed by atoms with Gasteiger partial charge in [0.2, 0.25) is 0 Å². The largest absolute Gasteiger partial charge is 0.399 e. The SMILES string of the molecule is Nc1ccc2nc(S(=O)Cc3ccc(I)cc3)[nH]c2c1. The summed E-state index contributed by atoms with van der Waals surface area (Å²) in [5.41, 5.74) is 9.02. The Balaban J connectivity index is 1.86. The van der Waals surface area contributed by atoms with Crippen molar-refractivity contribution in [3.63, 3.8) is 0 Å². The topological polar surface area (TPSA) is 71.8 Å². The third kappa shape index (κ3) is 2.85. The van der Waals surface area contributed by atoms with Crippen LogP contribution in [0.25, 0.3) is 11.0 Å². The zero-order chi connectivity index (χ0) is 14.1. The van der Waals surface area contributed by atoms with E-state index in [2.05, 4.69) is 32.6 Å².